The Morgan fingerprint density at radius 1 is 0.778 bits per heavy atom. The number of carboxylic acids is 1. The zero-order valence-corrected chi connectivity index (χ0v) is 23.5. The number of aliphatic carboxylic acids is 1. The summed E-state index contributed by atoms with van der Waals surface area (Å²) in [5, 5.41) is 24.4. The SMILES string of the molecule is COC(O)C(CCCN[C@@H](C)C(=O)S)NC(=O)CCCCCCCCCCCCCCCCC(=O)O. The number of aliphatic hydroxyl groups excluding tert-OH is 1. The number of rotatable bonds is 26. The molecule has 0 saturated carbocycles. The predicted octanol–water partition coefficient (Wildman–Crippen LogP) is 4.98. The summed E-state index contributed by atoms with van der Waals surface area (Å²) in [4.78, 5) is 33.9. The van der Waals surface area contributed by atoms with E-state index in [9.17, 15) is 19.5 Å². The molecular weight excluding hydrogens is 480 g/mol. The summed E-state index contributed by atoms with van der Waals surface area (Å²) in [7, 11) is 1.41. The van der Waals surface area contributed by atoms with Gasteiger partial charge in [0, 0.05) is 20.0 Å². The van der Waals surface area contributed by atoms with Crippen LogP contribution in [0.15, 0.2) is 0 Å². The Balaban J connectivity index is 3.66. The lowest BCUT2D eigenvalue weighted by Gasteiger charge is -2.23. The number of aliphatic hydroxyl groups is 1. The van der Waals surface area contributed by atoms with Gasteiger partial charge in [0.05, 0.1) is 12.1 Å². The molecule has 8 nitrogen and oxygen atoms in total. The average Bonchev–Trinajstić information content (AvgIpc) is 2.84. The van der Waals surface area contributed by atoms with Crippen molar-refractivity contribution in [1.29, 1.82) is 0 Å². The molecular formula is C27H52N2O6S. The van der Waals surface area contributed by atoms with Crippen molar-refractivity contribution in [2.45, 2.75) is 141 Å². The molecule has 2 unspecified atom stereocenters. The van der Waals surface area contributed by atoms with E-state index in [1.807, 2.05) is 0 Å². The first kappa shape index (κ1) is 34.8. The van der Waals surface area contributed by atoms with Gasteiger partial charge in [-0.3, -0.25) is 14.4 Å². The Labute approximate surface area is 224 Å². The van der Waals surface area contributed by atoms with Crippen molar-refractivity contribution >= 4 is 29.6 Å². The van der Waals surface area contributed by atoms with Gasteiger partial charge in [0.25, 0.3) is 0 Å². The summed E-state index contributed by atoms with van der Waals surface area (Å²) in [5.74, 6) is -0.756. The number of ether oxygens (including phenoxy) is 1. The standard InChI is InChI=1S/C27H52N2O6S/c1-22(27(34)36)28-21-17-18-23(26(33)35-2)29-24(30)19-15-13-11-9-7-5-3-4-6-8-10-12-14-16-20-25(31)32/h22-23,26,28,33H,3-21H2,1-2H3,(H,29,30)(H,31,32)(H,34,36)/t22-,23?,26?/m0/s1. The van der Waals surface area contributed by atoms with Gasteiger partial charge in [-0.1, -0.05) is 77.0 Å². The fourth-order valence-corrected chi connectivity index (χ4v) is 4.23. The Bertz CT molecular complexity index is 578. The van der Waals surface area contributed by atoms with Crippen LogP contribution in [0.4, 0.5) is 0 Å². The quantitative estimate of drug-likeness (QED) is 0.0604. The number of thiol groups is 1. The van der Waals surface area contributed by atoms with Gasteiger partial charge in [-0.15, -0.1) is 12.6 Å². The van der Waals surface area contributed by atoms with Gasteiger partial charge >= 0.3 is 5.97 Å². The summed E-state index contributed by atoms with van der Waals surface area (Å²) < 4.78 is 5.00. The Morgan fingerprint density at radius 2 is 1.22 bits per heavy atom. The number of carbonyl (C=O) groups is 3. The summed E-state index contributed by atoms with van der Waals surface area (Å²) in [6.45, 7) is 2.34. The molecule has 1 amide bonds. The van der Waals surface area contributed by atoms with Crippen molar-refractivity contribution < 1.29 is 29.3 Å². The molecule has 0 aliphatic rings. The van der Waals surface area contributed by atoms with Crippen molar-refractivity contribution in [3.8, 4) is 0 Å². The minimum Gasteiger partial charge on any atom is -0.481 e. The maximum atomic E-state index is 12.3. The monoisotopic (exact) mass is 532 g/mol. The van der Waals surface area contributed by atoms with E-state index in [-0.39, 0.29) is 17.1 Å². The normalized spacial score (nSPS) is 13.8. The number of carboxylic acid groups (broad SMARTS) is 1. The highest BCUT2D eigenvalue weighted by atomic mass is 32.1. The second-order valence-electron chi connectivity index (χ2n) is 9.80. The molecule has 212 valence electrons. The molecule has 0 spiro atoms. The Kier molecular flexibility index (Phi) is 23.4. The van der Waals surface area contributed by atoms with Crippen molar-refractivity contribution in [1.82, 2.24) is 10.6 Å². The largest absolute Gasteiger partial charge is 0.481 e. The topological polar surface area (TPSA) is 125 Å². The van der Waals surface area contributed by atoms with Crippen LogP contribution in [0.1, 0.15) is 122 Å². The van der Waals surface area contributed by atoms with E-state index in [1.54, 1.807) is 6.92 Å². The summed E-state index contributed by atoms with van der Waals surface area (Å²) in [6, 6.07) is -0.795. The molecule has 0 aromatic rings. The predicted molar refractivity (Wildman–Crippen MR) is 147 cm³/mol. The van der Waals surface area contributed by atoms with Gasteiger partial charge in [-0.2, -0.15) is 0 Å². The van der Waals surface area contributed by atoms with E-state index in [4.69, 9.17) is 9.84 Å². The molecule has 0 heterocycles. The molecule has 0 aromatic heterocycles. The lowest BCUT2D eigenvalue weighted by molar-refractivity contribution is -0.137. The smallest absolute Gasteiger partial charge is 0.303 e. The third kappa shape index (κ3) is 22.1. The number of carbonyl (C=O) groups excluding carboxylic acids is 2. The Morgan fingerprint density at radius 3 is 1.64 bits per heavy atom. The number of amides is 1. The van der Waals surface area contributed by atoms with Gasteiger partial charge in [0.2, 0.25) is 11.0 Å². The fourth-order valence-electron chi connectivity index (χ4n) is 4.14. The molecule has 0 aromatic carbocycles. The van der Waals surface area contributed by atoms with E-state index in [0.717, 1.165) is 38.5 Å². The van der Waals surface area contributed by atoms with Crippen LogP contribution >= 0.6 is 12.6 Å². The minimum atomic E-state index is -1.05. The second kappa shape index (κ2) is 24.2. The van der Waals surface area contributed by atoms with E-state index >= 15 is 0 Å². The van der Waals surface area contributed by atoms with Crippen molar-refractivity contribution in [2.75, 3.05) is 13.7 Å². The maximum Gasteiger partial charge on any atom is 0.303 e. The molecule has 9 heteroatoms. The molecule has 4 N–H and O–H groups in total. The Hall–Kier alpha value is -1.16. The van der Waals surface area contributed by atoms with Crippen LogP contribution in [0.25, 0.3) is 0 Å². The third-order valence-electron chi connectivity index (χ3n) is 6.49. The summed E-state index contributed by atoms with van der Waals surface area (Å²) in [6.07, 6.45) is 17.0. The number of hydrogen-bond donors (Lipinski definition) is 5. The van der Waals surface area contributed by atoms with Gasteiger partial charge in [-0.25, -0.2) is 0 Å². The summed E-state index contributed by atoms with van der Waals surface area (Å²) >= 11 is 3.79. The van der Waals surface area contributed by atoms with Crippen LogP contribution in [-0.4, -0.2) is 59.2 Å². The van der Waals surface area contributed by atoms with Crippen molar-refractivity contribution in [3.63, 3.8) is 0 Å². The average molecular weight is 533 g/mol. The maximum absolute atomic E-state index is 12.3. The first-order valence-corrected chi connectivity index (χ1v) is 14.4. The van der Waals surface area contributed by atoms with Crippen molar-refractivity contribution in [2.24, 2.45) is 0 Å². The van der Waals surface area contributed by atoms with Gasteiger partial charge < -0.3 is 25.6 Å². The van der Waals surface area contributed by atoms with E-state index in [0.29, 0.717) is 32.2 Å². The fraction of sp³-hybridized carbons (Fsp3) is 0.889. The molecule has 3 atom stereocenters. The number of nitrogens with one attached hydrogen (secondary N) is 2. The molecule has 0 fully saturated rings. The van der Waals surface area contributed by atoms with Gasteiger partial charge in [0.1, 0.15) is 0 Å². The van der Waals surface area contributed by atoms with Gasteiger partial charge in [0.15, 0.2) is 6.29 Å². The van der Waals surface area contributed by atoms with Crippen LogP contribution < -0.4 is 10.6 Å². The lowest BCUT2D eigenvalue weighted by Crippen LogP contribution is -2.44. The molecule has 36 heavy (non-hydrogen) atoms. The lowest BCUT2D eigenvalue weighted by atomic mass is 10.0. The van der Waals surface area contributed by atoms with Crippen LogP contribution in [0.3, 0.4) is 0 Å². The highest BCUT2D eigenvalue weighted by Gasteiger charge is 2.20. The minimum absolute atomic E-state index is 0.0650. The molecule has 0 bridgehead atoms. The highest BCUT2D eigenvalue weighted by Crippen LogP contribution is 2.14. The first-order chi connectivity index (χ1) is 17.3. The van der Waals surface area contributed by atoms with Crippen LogP contribution in [0.5, 0.6) is 0 Å². The van der Waals surface area contributed by atoms with Crippen LogP contribution in [-0.2, 0) is 19.1 Å². The second-order valence-corrected chi connectivity index (χ2v) is 10.2. The molecule has 0 rings (SSSR count). The number of unbranched alkanes of at least 4 members (excludes halogenated alkanes) is 13. The molecule has 0 saturated heterocycles. The zero-order chi connectivity index (χ0) is 27.0. The van der Waals surface area contributed by atoms with Crippen LogP contribution in [0, 0.1) is 0 Å². The first-order valence-electron chi connectivity index (χ1n) is 14.0. The molecule has 0 aliphatic heterocycles. The molecule has 0 aliphatic carbocycles. The third-order valence-corrected chi connectivity index (χ3v) is 6.88. The number of hydrogen-bond acceptors (Lipinski definition) is 6. The van der Waals surface area contributed by atoms with Crippen molar-refractivity contribution in [3.05, 3.63) is 0 Å². The number of methoxy groups -OCH3 is 1. The van der Waals surface area contributed by atoms with Crippen LogP contribution in [0.2, 0.25) is 0 Å². The van der Waals surface area contributed by atoms with E-state index in [2.05, 4.69) is 23.3 Å². The van der Waals surface area contributed by atoms with E-state index < -0.39 is 18.3 Å². The zero-order valence-electron chi connectivity index (χ0n) is 22.6. The summed E-state index contributed by atoms with van der Waals surface area (Å²) in [5.41, 5.74) is 0. The molecule has 0 radical (unpaired) electrons. The van der Waals surface area contributed by atoms with E-state index in [1.165, 1.54) is 58.5 Å². The highest BCUT2D eigenvalue weighted by molar-refractivity contribution is 7.96. The van der Waals surface area contributed by atoms with Gasteiger partial charge in [-0.05, 0) is 39.2 Å².